The number of amides is 2. The van der Waals surface area contributed by atoms with Gasteiger partial charge in [0.25, 0.3) is 0 Å². The standard InChI is InChI=1S/C18H21Cl2N5O/c1-12(2)15-11-24(17-21-8-7-16(20)23-17)9-10-25(15)18(26)22-14-6-4-3-5-13(14)19/h3-8,12,15H,9-11H2,1-2H3,(H,22,26). The highest BCUT2D eigenvalue weighted by Crippen LogP contribution is 2.24. The number of benzene rings is 1. The highest BCUT2D eigenvalue weighted by molar-refractivity contribution is 6.33. The first-order valence-corrected chi connectivity index (χ1v) is 9.27. The van der Waals surface area contributed by atoms with Crippen LogP contribution in [0.25, 0.3) is 0 Å². The van der Waals surface area contributed by atoms with Gasteiger partial charge in [0.1, 0.15) is 5.15 Å². The van der Waals surface area contributed by atoms with Gasteiger partial charge in [-0.25, -0.2) is 14.8 Å². The van der Waals surface area contributed by atoms with Crippen LogP contribution in [0.2, 0.25) is 10.2 Å². The van der Waals surface area contributed by atoms with Gasteiger partial charge in [0.2, 0.25) is 5.95 Å². The van der Waals surface area contributed by atoms with Crippen LogP contribution in [0.3, 0.4) is 0 Å². The van der Waals surface area contributed by atoms with Crippen LogP contribution in [0.1, 0.15) is 13.8 Å². The summed E-state index contributed by atoms with van der Waals surface area (Å²) >= 11 is 12.1. The third kappa shape index (κ3) is 4.19. The Hall–Kier alpha value is -2.05. The van der Waals surface area contributed by atoms with Crippen molar-refractivity contribution in [2.45, 2.75) is 19.9 Å². The Morgan fingerprint density at radius 3 is 2.69 bits per heavy atom. The molecule has 1 saturated heterocycles. The van der Waals surface area contributed by atoms with Crippen molar-refractivity contribution in [2.75, 3.05) is 29.9 Å². The molecule has 1 unspecified atom stereocenters. The number of nitrogens with one attached hydrogen (secondary N) is 1. The van der Waals surface area contributed by atoms with Crippen molar-refractivity contribution in [3.63, 3.8) is 0 Å². The van der Waals surface area contributed by atoms with Crippen LogP contribution in [0.4, 0.5) is 16.4 Å². The van der Waals surface area contributed by atoms with Gasteiger partial charge in [0.05, 0.1) is 16.8 Å². The maximum atomic E-state index is 12.8. The van der Waals surface area contributed by atoms with Gasteiger partial charge in [-0.3, -0.25) is 0 Å². The highest BCUT2D eigenvalue weighted by Gasteiger charge is 2.33. The molecule has 26 heavy (non-hydrogen) atoms. The minimum Gasteiger partial charge on any atom is -0.337 e. The van der Waals surface area contributed by atoms with Crippen LogP contribution in [-0.2, 0) is 0 Å². The summed E-state index contributed by atoms with van der Waals surface area (Å²) in [5, 5.41) is 3.85. The summed E-state index contributed by atoms with van der Waals surface area (Å²) in [6, 6.07) is 8.75. The van der Waals surface area contributed by atoms with E-state index in [0.29, 0.717) is 41.4 Å². The molecular weight excluding hydrogens is 373 g/mol. The summed E-state index contributed by atoms with van der Waals surface area (Å²) in [4.78, 5) is 25.3. The molecule has 0 saturated carbocycles. The van der Waals surface area contributed by atoms with E-state index in [1.165, 1.54) is 0 Å². The fourth-order valence-corrected chi connectivity index (χ4v) is 3.36. The largest absolute Gasteiger partial charge is 0.337 e. The van der Waals surface area contributed by atoms with Crippen molar-refractivity contribution in [1.82, 2.24) is 14.9 Å². The van der Waals surface area contributed by atoms with Gasteiger partial charge in [0.15, 0.2) is 0 Å². The van der Waals surface area contributed by atoms with E-state index >= 15 is 0 Å². The summed E-state index contributed by atoms with van der Waals surface area (Å²) in [6.07, 6.45) is 1.64. The lowest BCUT2D eigenvalue weighted by Gasteiger charge is -2.43. The van der Waals surface area contributed by atoms with Crippen LogP contribution < -0.4 is 10.2 Å². The maximum Gasteiger partial charge on any atom is 0.322 e. The summed E-state index contributed by atoms with van der Waals surface area (Å²) in [7, 11) is 0. The molecule has 3 rings (SSSR count). The van der Waals surface area contributed by atoms with Gasteiger partial charge in [-0.05, 0) is 24.1 Å². The van der Waals surface area contributed by atoms with Crippen molar-refractivity contribution in [3.05, 3.63) is 46.7 Å². The number of rotatable bonds is 3. The number of carbonyl (C=O) groups is 1. The Labute approximate surface area is 163 Å². The molecule has 1 aromatic heterocycles. The van der Waals surface area contributed by atoms with E-state index in [1.54, 1.807) is 24.4 Å². The number of nitrogens with zero attached hydrogens (tertiary/aromatic N) is 4. The molecule has 2 amide bonds. The molecule has 1 aromatic carbocycles. The molecule has 138 valence electrons. The smallest absolute Gasteiger partial charge is 0.322 e. The number of urea groups is 1. The van der Waals surface area contributed by atoms with Gasteiger partial charge in [-0.15, -0.1) is 0 Å². The second kappa shape index (κ2) is 8.10. The van der Waals surface area contributed by atoms with Crippen LogP contribution in [0.5, 0.6) is 0 Å². The lowest BCUT2D eigenvalue weighted by atomic mass is 10.00. The molecule has 2 heterocycles. The van der Waals surface area contributed by atoms with Gasteiger partial charge in [-0.2, -0.15) is 0 Å². The van der Waals surface area contributed by atoms with E-state index in [4.69, 9.17) is 23.2 Å². The normalized spacial score (nSPS) is 17.5. The Bertz CT molecular complexity index is 786. The molecular formula is C18H21Cl2N5O. The van der Waals surface area contributed by atoms with Crippen LogP contribution in [-0.4, -0.2) is 46.6 Å². The second-order valence-electron chi connectivity index (χ2n) is 6.54. The van der Waals surface area contributed by atoms with Crippen molar-refractivity contribution in [1.29, 1.82) is 0 Å². The number of halogens is 2. The first-order valence-electron chi connectivity index (χ1n) is 8.51. The topological polar surface area (TPSA) is 61.4 Å². The summed E-state index contributed by atoms with van der Waals surface area (Å²) < 4.78 is 0. The van der Waals surface area contributed by atoms with Gasteiger partial charge >= 0.3 is 6.03 Å². The van der Waals surface area contributed by atoms with Gasteiger partial charge < -0.3 is 15.1 Å². The number of hydrogen-bond acceptors (Lipinski definition) is 4. The maximum absolute atomic E-state index is 12.8. The van der Waals surface area contributed by atoms with Gasteiger partial charge in [-0.1, -0.05) is 49.2 Å². The zero-order valence-corrected chi connectivity index (χ0v) is 16.2. The SMILES string of the molecule is CC(C)C1CN(c2nccc(Cl)n2)CCN1C(=O)Nc1ccccc1Cl. The molecule has 0 radical (unpaired) electrons. The van der Waals surface area contributed by atoms with E-state index in [0.717, 1.165) is 0 Å². The fraction of sp³-hybridized carbons (Fsp3) is 0.389. The Morgan fingerprint density at radius 1 is 1.23 bits per heavy atom. The van der Waals surface area contributed by atoms with E-state index < -0.39 is 0 Å². The molecule has 1 N–H and O–H groups in total. The third-order valence-corrected chi connectivity index (χ3v) is 5.00. The highest BCUT2D eigenvalue weighted by atomic mass is 35.5. The fourth-order valence-electron chi connectivity index (χ4n) is 3.04. The molecule has 0 spiro atoms. The third-order valence-electron chi connectivity index (χ3n) is 4.46. The first-order chi connectivity index (χ1) is 12.5. The average Bonchev–Trinajstić information content (AvgIpc) is 2.63. The summed E-state index contributed by atoms with van der Waals surface area (Å²) in [5.74, 6) is 0.864. The molecule has 8 heteroatoms. The lowest BCUT2D eigenvalue weighted by molar-refractivity contribution is 0.156. The summed E-state index contributed by atoms with van der Waals surface area (Å²) in [6.45, 7) is 6.05. The summed E-state index contributed by atoms with van der Waals surface area (Å²) in [5.41, 5.74) is 0.613. The van der Waals surface area contributed by atoms with E-state index in [2.05, 4.69) is 34.0 Å². The number of carbonyl (C=O) groups excluding carboxylic acids is 1. The van der Waals surface area contributed by atoms with E-state index in [-0.39, 0.29) is 18.0 Å². The molecule has 1 aliphatic rings. The minimum atomic E-state index is -0.150. The number of piperazine rings is 1. The van der Waals surface area contributed by atoms with Crippen LogP contribution >= 0.6 is 23.2 Å². The van der Waals surface area contributed by atoms with E-state index in [9.17, 15) is 4.79 Å². The zero-order chi connectivity index (χ0) is 18.7. The number of hydrogen-bond donors (Lipinski definition) is 1. The molecule has 1 aliphatic heterocycles. The predicted octanol–water partition coefficient (Wildman–Crippen LogP) is 4.16. The molecule has 2 aromatic rings. The Balaban J connectivity index is 1.74. The van der Waals surface area contributed by atoms with E-state index in [1.807, 2.05) is 17.0 Å². The minimum absolute atomic E-state index is 0.0221. The zero-order valence-electron chi connectivity index (χ0n) is 14.7. The number of para-hydroxylation sites is 1. The Kier molecular flexibility index (Phi) is 5.84. The second-order valence-corrected chi connectivity index (χ2v) is 7.33. The van der Waals surface area contributed by atoms with Gasteiger partial charge in [0, 0.05) is 25.8 Å². The number of aromatic nitrogens is 2. The quantitative estimate of drug-likeness (QED) is 0.795. The van der Waals surface area contributed by atoms with Crippen molar-refractivity contribution < 1.29 is 4.79 Å². The lowest BCUT2D eigenvalue weighted by Crippen LogP contribution is -2.58. The molecule has 1 fully saturated rings. The first kappa shape index (κ1) is 18.7. The molecule has 0 aliphatic carbocycles. The molecule has 1 atom stereocenters. The molecule has 0 bridgehead atoms. The van der Waals surface area contributed by atoms with Crippen molar-refractivity contribution in [2.24, 2.45) is 5.92 Å². The monoisotopic (exact) mass is 393 g/mol. The predicted molar refractivity (Wildman–Crippen MR) is 105 cm³/mol. The van der Waals surface area contributed by atoms with Crippen molar-refractivity contribution in [3.8, 4) is 0 Å². The van der Waals surface area contributed by atoms with Crippen LogP contribution in [0.15, 0.2) is 36.5 Å². The van der Waals surface area contributed by atoms with Crippen molar-refractivity contribution >= 4 is 40.9 Å². The van der Waals surface area contributed by atoms with Crippen LogP contribution in [0, 0.1) is 5.92 Å². The average molecular weight is 394 g/mol. The number of anilines is 2. The Morgan fingerprint density at radius 2 is 2.00 bits per heavy atom. The molecule has 6 nitrogen and oxygen atoms in total.